The van der Waals surface area contributed by atoms with Crippen molar-refractivity contribution in [1.82, 2.24) is 4.90 Å². The van der Waals surface area contributed by atoms with Gasteiger partial charge in [-0.05, 0) is 24.3 Å². The second-order valence-corrected chi connectivity index (χ2v) is 6.66. The third-order valence-corrected chi connectivity index (χ3v) is 5.06. The number of phenolic OH excluding ortho intramolecular Hbond substituents is 1. The van der Waals surface area contributed by atoms with Crippen molar-refractivity contribution < 1.29 is 19.1 Å². The summed E-state index contributed by atoms with van der Waals surface area (Å²) < 4.78 is 10.8. The van der Waals surface area contributed by atoms with E-state index in [1.807, 2.05) is 41.3 Å². The first-order chi connectivity index (χ1) is 13.2. The third kappa shape index (κ3) is 3.43. The Balaban J connectivity index is 1.41. The molecule has 1 N–H and O–H groups in total. The molecule has 0 saturated carbocycles. The first kappa shape index (κ1) is 17.3. The molecule has 0 spiro atoms. The molecule has 2 aromatic carbocycles. The van der Waals surface area contributed by atoms with Crippen molar-refractivity contribution in [2.75, 3.05) is 38.2 Å². The van der Waals surface area contributed by atoms with Crippen LogP contribution in [-0.2, 0) is 11.2 Å². The van der Waals surface area contributed by atoms with Gasteiger partial charge < -0.3 is 24.1 Å². The van der Waals surface area contributed by atoms with E-state index in [1.165, 1.54) is 0 Å². The smallest absolute Gasteiger partial charge is 0.227 e. The summed E-state index contributed by atoms with van der Waals surface area (Å²) in [6, 6.07) is 12.9. The van der Waals surface area contributed by atoms with E-state index >= 15 is 0 Å². The lowest BCUT2D eigenvalue weighted by Crippen LogP contribution is -2.49. The average molecular weight is 366 g/mol. The highest BCUT2D eigenvalue weighted by Crippen LogP contribution is 2.28. The van der Waals surface area contributed by atoms with Crippen LogP contribution in [-0.4, -0.2) is 49.2 Å². The highest BCUT2D eigenvalue weighted by molar-refractivity contribution is 5.88. The molecule has 1 fully saturated rings. The Morgan fingerprint density at radius 3 is 2.67 bits per heavy atom. The number of ether oxygens (including phenoxy) is 1. The lowest BCUT2D eigenvalue weighted by Gasteiger charge is -2.36. The molecule has 0 unspecified atom stereocenters. The van der Waals surface area contributed by atoms with Crippen LogP contribution < -0.4 is 9.64 Å². The summed E-state index contributed by atoms with van der Waals surface area (Å²) >= 11 is 0. The molecular formula is C21H22N2O4. The molecule has 6 heteroatoms. The number of hydrogen-bond donors (Lipinski definition) is 1. The number of benzene rings is 2. The van der Waals surface area contributed by atoms with E-state index < -0.39 is 0 Å². The Morgan fingerprint density at radius 2 is 1.93 bits per heavy atom. The van der Waals surface area contributed by atoms with Gasteiger partial charge in [0.25, 0.3) is 0 Å². The first-order valence-electron chi connectivity index (χ1n) is 9.00. The largest absolute Gasteiger partial charge is 0.506 e. The molecule has 1 amide bonds. The van der Waals surface area contributed by atoms with Crippen molar-refractivity contribution in [1.29, 1.82) is 0 Å². The summed E-state index contributed by atoms with van der Waals surface area (Å²) in [5.74, 6) is 1.10. The maximum Gasteiger partial charge on any atom is 0.227 e. The van der Waals surface area contributed by atoms with Crippen LogP contribution in [0.2, 0.25) is 0 Å². The van der Waals surface area contributed by atoms with Crippen LogP contribution in [0.15, 0.2) is 53.1 Å². The Bertz CT molecular complexity index is 958. The van der Waals surface area contributed by atoms with E-state index in [0.29, 0.717) is 32.6 Å². The van der Waals surface area contributed by atoms with Crippen LogP contribution >= 0.6 is 0 Å². The molecule has 1 saturated heterocycles. The zero-order valence-electron chi connectivity index (χ0n) is 15.2. The zero-order chi connectivity index (χ0) is 18.8. The molecule has 0 bridgehead atoms. The van der Waals surface area contributed by atoms with Gasteiger partial charge in [-0.25, -0.2) is 0 Å². The number of fused-ring (bicyclic) bond motifs is 1. The normalized spacial score (nSPS) is 14.6. The summed E-state index contributed by atoms with van der Waals surface area (Å²) in [6.45, 7) is 2.67. The van der Waals surface area contributed by atoms with Gasteiger partial charge in [0.15, 0.2) is 0 Å². The van der Waals surface area contributed by atoms with Crippen LogP contribution in [0.1, 0.15) is 5.56 Å². The molecule has 4 rings (SSSR count). The van der Waals surface area contributed by atoms with Crippen LogP contribution in [0.5, 0.6) is 11.5 Å². The van der Waals surface area contributed by atoms with Gasteiger partial charge in [-0.2, -0.15) is 0 Å². The molecule has 1 aliphatic rings. The van der Waals surface area contributed by atoms with Crippen LogP contribution in [0.4, 0.5) is 5.69 Å². The van der Waals surface area contributed by atoms with Crippen LogP contribution in [0.3, 0.4) is 0 Å². The van der Waals surface area contributed by atoms with E-state index in [-0.39, 0.29) is 11.7 Å². The average Bonchev–Trinajstić information content (AvgIpc) is 3.10. The number of rotatable bonds is 4. The van der Waals surface area contributed by atoms with Gasteiger partial charge in [0.2, 0.25) is 5.91 Å². The lowest BCUT2D eigenvalue weighted by molar-refractivity contribution is -0.130. The number of anilines is 1. The van der Waals surface area contributed by atoms with Gasteiger partial charge >= 0.3 is 0 Å². The molecule has 1 aromatic heterocycles. The van der Waals surface area contributed by atoms with Crippen molar-refractivity contribution in [2.24, 2.45) is 0 Å². The minimum Gasteiger partial charge on any atom is -0.506 e. The molecule has 0 aliphatic carbocycles. The number of para-hydroxylation sites is 2. The van der Waals surface area contributed by atoms with Gasteiger partial charge in [-0.15, -0.1) is 0 Å². The standard InChI is InChI=1S/C21H22N2O4/c1-26-16-6-7-17-15(14-27-20(17)13-16)12-21(25)23-10-8-22(9-11-23)18-4-2-3-5-19(18)24/h2-7,13-14,24H,8-12H2,1H3. The monoisotopic (exact) mass is 366 g/mol. The fraction of sp³-hybridized carbons (Fsp3) is 0.286. The second kappa shape index (κ2) is 7.23. The number of carbonyl (C=O) groups is 1. The number of nitrogens with zero attached hydrogens (tertiary/aromatic N) is 2. The molecule has 0 atom stereocenters. The summed E-state index contributed by atoms with van der Waals surface area (Å²) in [5, 5.41) is 10.9. The summed E-state index contributed by atoms with van der Waals surface area (Å²) in [7, 11) is 1.61. The van der Waals surface area contributed by atoms with Crippen molar-refractivity contribution in [3.63, 3.8) is 0 Å². The number of amides is 1. The third-order valence-electron chi connectivity index (χ3n) is 5.06. The van der Waals surface area contributed by atoms with Crippen molar-refractivity contribution in [3.05, 3.63) is 54.3 Å². The van der Waals surface area contributed by atoms with E-state index in [4.69, 9.17) is 9.15 Å². The molecule has 140 valence electrons. The van der Waals surface area contributed by atoms with Gasteiger partial charge in [-0.3, -0.25) is 4.79 Å². The number of phenols is 1. The minimum absolute atomic E-state index is 0.0884. The number of aromatic hydroxyl groups is 1. The zero-order valence-corrected chi connectivity index (χ0v) is 15.2. The molecular weight excluding hydrogens is 344 g/mol. The first-order valence-corrected chi connectivity index (χ1v) is 9.00. The number of methoxy groups -OCH3 is 1. The fourth-order valence-electron chi connectivity index (χ4n) is 3.53. The summed E-state index contributed by atoms with van der Waals surface area (Å²) in [4.78, 5) is 16.7. The summed E-state index contributed by atoms with van der Waals surface area (Å²) in [6.07, 6.45) is 1.97. The molecule has 27 heavy (non-hydrogen) atoms. The van der Waals surface area contributed by atoms with E-state index in [9.17, 15) is 9.90 Å². The number of carbonyl (C=O) groups excluding carboxylic acids is 1. The van der Waals surface area contributed by atoms with Crippen molar-refractivity contribution in [3.8, 4) is 11.5 Å². The predicted octanol–water partition coefficient (Wildman–Crippen LogP) is 3.04. The van der Waals surface area contributed by atoms with Gasteiger partial charge in [0.05, 0.1) is 25.5 Å². The predicted molar refractivity (Wildman–Crippen MR) is 103 cm³/mol. The quantitative estimate of drug-likeness (QED) is 0.769. The van der Waals surface area contributed by atoms with Gasteiger partial charge in [0.1, 0.15) is 17.1 Å². The maximum absolute atomic E-state index is 12.7. The highest BCUT2D eigenvalue weighted by atomic mass is 16.5. The molecule has 0 radical (unpaired) electrons. The highest BCUT2D eigenvalue weighted by Gasteiger charge is 2.23. The topological polar surface area (TPSA) is 66.2 Å². The van der Waals surface area contributed by atoms with E-state index in [2.05, 4.69) is 4.90 Å². The van der Waals surface area contributed by atoms with E-state index in [0.717, 1.165) is 28.0 Å². The minimum atomic E-state index is 0.0884. The van der Waals surface area contributed by atoms with Gasteiger partial charge in [0, 0.05) is 43.2 Å². The second-order valence-electron chi connectivity index (χ2n) is 6.66. The molecule has 1 aliphatic heterocycles. The Hall–Kier alpha value is -3.15. The molecule has 6 nitrogen and oxygen atoms in total. The fourth-order valence-corrected chi connectivity index (χ4v) is 3.53. The van der Waals surface area contributed by atoms with Crippen molar-refractivity contribution in [2.45, 2.75) is 6.42 Å². The lowest BCUT2D eigenvalue weighted by atomic mass is 10.1. The SMILES string of the molecule is COc1ccc2c(CC(=O)N3CCN(c4ccccc4O)CC3)coc2c1. The van der Waals surface area contributed by atoms with Crippen LogP contribution in [0.25, 0.3) is 11.0 Å². The van der Waals surface area contributed by atoms with Gasteiger partial charge in [-0.1, -0.05) is 12.1 Å². The Kier molecular flexibility index (Phi) is 4.62. The molecule has 2 heterocycles. The van der Waals surface area contributed by atoms with Crippen molar-refractivity contribution >= 4 is 22.6 Å². The number of hydrogen-bond acceptors (Lipinski definition) is 5. The number of piperazine rings is 1. The maximum atomic E-state index is 12.7. The Labute approximate surface area is 157 Å². The van der Waals surface area contributed by atoms with Crippen LogP contribution in [0, 0.1) is 0 Å². The number of furan rings is 1. The summed E-state index contributed by atoms with van der Waals surface area (Å²) in [5.41, 5.74) is 2.43. The Morgan fingerprint density at radius 1 is 1.15 bits per heavy atom. The molecule has 3 aromatic rings. The van der Waals surface area contributed by atoms with E-state index in [1.54, 1.807) is 19.4 Å².